The molecule has 4 amide bonds. The van der Waals surface area contributed by atoms with Crippen LogP contribution in [0.15, 0.2) is 91.4 Å². The number of ether oxygens (including phenoxy) is 3. The number of benzene rings is 3. The first kappa shape index (κ1) is 39.6. The van der Waals surface area contributed by atoms with Crippen molar-refractivity contribution in [1.29, 1.82) is 0 Å². The van der Waals surface area contributed by atoms with Gasteiger partial charge in [0, 0.05) is 97.2 Å². The fraction of sp³-hybridized carbons (Fsp3) is 0.286. The maximum Gasteiger partial charge on any atom is 0.262 e. The summed E-state index contributed by atoms with van der Waals surface area (Å²) in [6.45, 7) is 9.30. The van der Waals surface area contributed by atoms with Crippen molar-refractivity contribution in [1.82, 2.24) is 24.8 Å². The average molecular weight is 840 g/mol. The van der Waals surface area contributed by atoms with Crippen LogP contribution in [0.5, 0.6) is 11.6 Å². The zero-order chi connectivity index (χ0) is 43.2. The summed E-state index contributed by atoms with van der Waals surface area (Å²) in [6, 6.07) is 21.5. The Bertz CT molecular complexity index is 2950. The number of pyridine rings is 2. The van der Waals surface area contributed by atoms with Crippen LogP contribution in [-0.4, -0.2) is 87.1 Å². The van der Waals surface area contributed by atoms with Crippen LogP contribution in [0.25, 0.3) is 37.8 Å². The number of nitrogens with zero attached hydrogens (tertiary/aromatic N) is 6. The molecule has 0 radical (unpaired) electrons. The second-order valence-corrected chi connectivity index (χ2v) is 16.3. The van der Waals surface area contributed by atoms with Crippen LogP contribution in [0, 0.1) is 18.4 Å². The SMILES string of the molecule is [C-]#[N+]c1ccc(C#CCOc2ccc3c(c2)C(=O)N(C2CCC(=O)NC2=O)C3=O)cc1N1CCC(OC2CC(Oc3ccc(-c4ccc5c6cnccc6n(C)c5c4)cn3)C2)CC1. The number of imide groups is 2. The molecule has 1 atom stereocenters. The van der Waals surface area contributed by atoms with E-state index < -0.39 is 29.7 Å². The van der Waals surface area contributed by atoms with E-state index in [0.717, 1.165) is 82.5 Å². The van der Waals surface area contributed by atoms with Crippen LogP contribution in [-0.2, 0) is 21.4 Å². The number of nitrogens with one attached hydrogen (secondary N) is 1. The highest BCUT2D eigenvalue weighted by atomic mass is 16.5. The van der Waals surface area contributed by atoms with Crippen LogP contribution >= 0.6 is 0 Å². The van der Waals surface area contributed by atoms with Gasteiger partial charge >= 0.3 is 0 Å². The van der Waals surface area contributed by atoms with Crippen LogP contribution in [0.4, 0.5) is 11.4 Å². The molecule has 6 heterocycles. The molecule has 1 saturated carbocycles. The predicted octanol–water partition coefficient (Wildman–Crippen LogP) is 6.77. The van der Waals surface area contributed by atoms with Crippen LogP contribution in [0.3, 0.4) is 0 Å². The van der Waals surface area contributed by atoms with E-state index in [1.54, 1.807) is 12.1 Å². The largest absolute Gasteiger partial charge is 0.481 e. The third kappa shape index (κ3) is 7.59. The van der Waals surface area contributed by atoms with Gasteiger partial charge in [-0.15, -0.1) is 0 Å². The van der Waals surface area contributed by atoms with Gasteiger partial charge in [-0.1, -0.05) is 36.1 Å². The molecule has 3 aromatic carbocycles. The maximum atomic E-state index is 13.2. The summed E-state index contributed by atoms with van der Waals surface area (Å²) >= 11 is 0. The molecule has 3 aromatic heterocycles. The molecule has 4 aliphatic rings. The molecule has 314 valence electrons. The summed E-state index contributed by atoms with van der Waals surface area (Å²) in [7, 11) is 2.08. The molecule has 0 spiro atoms. The Morgan fingerprint density at radius 2 is 1.65 bits per heavy atom. The lowest BCUT2D eigenvalue weighted by Gasteiger charge is -2.40. The lowest BCUT2D eigenvalue weighted by atomic mass is 9.91. The van der Waals surface area contributed by atoms with Crippen molar-refractivity contribution in [2.45, 2.75) is 62.9 Å². The number of piperidine rings is 2. The Morgan fingerprint density at radius 1 is 0.825 bits per heavy atom. The van der Waals surface area contributed by atoms with Crippen molar-refractivity contribution in [3.63, 3.8) is 0 Å². The van der Waals surface area contributed by atoms with Crippen molar-refractivity contribution in [3.05, 3.63) is 119 Å². The minimum atomic E-state index is -1.04. The first-order valence-corrected chi connectivity index (χ1v) is 21.0. The highest BCUT2D eigenvalue weighted by Gasteiger charge is 2.45. The second kappa shape index (κ2) is 16.4. The summed E-state index contributed by atoms with van der Waals surface area (Å²) in [4.78, 5) is 66.0. The summed E-state index contributed by atoms with van der Waals surface area (Å²) in [5.41, 5.74) is 6.86. The predicted molar refractivity (Wildman–Crippen MR) is 233 cm³/mol. The normalized spacial score (nSPS) is 19.9. The third-order valence-corrected chi connectivity index (χ3v) is 12.4. The van der Waals surface area contributed by atoms with Gasteiger partial charge in [0.15, 0.2) is 0 Å². The number of rotatable bonds is 9. The molecule has 14 nitrogen and oxygen atoms in total. The van der Waals surface area contributed by atoms with Gasteiger partial charge in [-0.05, 0) is 67.3 Å². The molecule has 3 fully saturated rings. The maximum absolute atomic E-state index is 13.2. The fourth-order valence-corrected chi connectivity index (χ4v) is 9.00. The van der Waals surface area contributed by atoms with Gasteiger partial charge in [0.05, 0.1) is 35.4 Å². The van der Waals surface area contributed by atoms with Gasteiger partial charge in [0.25, 0.3) is 11.8 Å². The molecular formula is C49H41N7O7. The van der Waals surface area contributed by atoms with Gasteiger partial charge in [-0.3, -0.25) is 34.4 Å². The van der Waals surface area contributed by atoms with Crippen LogP contribution < -0.4 is 19.7 Å². The Kier molecular flexibility index (Phi) is 10.3. The quantitative estimate of drug-likeness (QED) is 0.0940. The van der Waals surface area contributed by atoms with E-state index in [2.05, 4.69) is 72.8 Å². The summed E-state index contributed by atoms with van der Waals surface area (Å²) in [5.74, 6) is 4.81. The fourth-order valence-electron chi connectivity index (χ4n) is 9.00. The van der Waals surface area contributed by atoms with Crippen molar-refractivity contribution in [2.75, 3.05) is 24.6 Å². The van der Waals surface area contributed by atoms with Crippen molar-refractivity contribution < 1.29 is 33.4 Å². The van der Waals surface area contributed by atoms with Crippen LogP contribution in [0.2, 0.25) is 0 Å². The van der Waals surface area contributed by atoms with E-state index in [9.17, 15) is 19.2 Å². The highest BCUT2D eigenvalue weighted by molar-refractivity contribution is 6.23. The van der Waals surface area contributed by atoms with Gasteiger partial charge in [-0.25, -0.2) is 9.83 Å². The first-order valence-electron chi connectivity index (χ1n) is 21.0. The smallest absolute Gasteiger partial charge is 0.262 e. The van der Waals surface area contributed by atoms with Crippen molar-refractivity contribution in [2.24, 2.45) is 7.05 Å². The lowest BCUT2D eigenvalue weighted by Crippen LogP contribution is -2.54. The first-order chi connectivity index (χ1) is 30.7. The molecule has 0 bridgehead atoms. The number of fused-ring (bicyclic) bond motifs is 4. The number of carbonyl (C=O) groups excluding carboxylic acids is 4. The molecule has 2 saturated heterocycles. The molecule has 3 aliphatic heterocycles. The summed E-state index contributed by atoms with van der Waals surface area (Å²) in [5, 5.41) is 4.52. The zero-order valence-corrected chi connectivity index (χ0v) is 34.4. The van der Waals surface area contributed by atoms with E-state index in [4.69, 9.17) is 20.8 Å². The minimum Gasteiger partial charge on any atom is -0.481 e. The van der Waals surface area contributed by atoms with E-state index in [0.29, 0.717) is 17.3 Å². The Balaban J connectivity index is 0.688. The molecular weight excluding hydrogens is 799 g/mol. The third-order valence-electron chi connectivity index (χ3n) is 12.4. The molecule has 14 heteroatoms. The molecule has 10 rings (SSSR count). The van der Waals surface area contributed by atoms with E-state index in [-0.39, 0.29) is 48.9 Å². The van der Waals surface area contributed by atoms with Gasteiger partial charge in [0.2, 0.25) is 23.4 Å². The van der Waals surface area contributed by atoms with E-state index in [1.165, 1.54) is 17.5 Å². The summed E-state index contributed by atoms with van der Waals surface area (Å²) < 4.78 is 20.7. The summed E-state index contributed by atoms with van der Waals surface area (Å²) in [6.07, 6.45) is 9.38. The molecule has 1 unspecified atom stereocenters. The number of amides is 4. The monoisotopic (exact) mass is 839 g/mol. The van der Waals surface area contributed by atoms with Crippen molar-refractivity contribution >= 4 is 56.8 Å². The molecule has 6 aromatic rings. The zero-order valence-electron chi connectivity index (χ0n) is 34.4. The van der Waals surface area contributed by atoms with E-state index in [1.807, 2.05) is 42.9 Å². The topological polar surface area (TPSA) is 150 Å². The van der Waals surface area contributed by atoms with Crippen LogP contribution in [0.1, 0.15) is 64.8 Å². The lowest BCUT2D eigenvalue weighted by molar-refractivity contribution is -0.136. The van der Waals surface area contributed by atoms with E-state index >= 15 is 0 Å². The number of aromatic nitrogens is 3. The number of hydrogen-bond donors (Lipinski definition) is 1. The number of carbonyl (C=O) groups is 4. The Morgan fingerprint density at radius 3 is 2.44 bits per heavy atom. The number of aryl methyl sites for hydroxylation is 1. The number of hydrogen-bond acceptors (Lipinski definition) is 10. The second-order valence-electron chi connectivity index (χ2n) is 16.3. The Labute approximate surface area is 362 Å². The average Bonchev–Trinajstić information content (AvgIpc) is 3.72. The number of anilines is 1. The Hall–Kier alpha value is -7.55. The molecule has 63 heavy (non-hydrogen) atoms. The molecule has 1 aliphatic carbocycles. The van der Waals surface area contributed by atoms with Gasteiger partial charge < -0.3 is 23.7 Å². The standard InChI is InChI=1S/C49H41N7O7/c1-50-40-11-5-29(4-3-21-61-33-8-10-37-38(26-33)49(60)56(48(37)59)42-12-13-45(57)53-47(42)58)22-44(40)55-19-16-32(17-20-55)62-34-24-35(25-34)63-46-14-7-31(27-52-46)30-6-9-36-39-28-51-18-15-41(39)54(2)43(36)23-30/h5-11,14-15,18,22-23,26-28,32,34-35,42H,12-13,16-17,19-21,24-25H2,2H3,(H,53,57,58). The highest BCUT2D eigenvalue weighted by Crippen LogP contribution is 2.36. The minimum absolute atomic E-state index is 0.0128. The van der Waals surface area contributed by atoms with Crippen molar-refractivity contribution in [3.8, 4) is 34.6 Å². The molecule has 1 N–H and O–H groups in total. The van der Waals surface area contributed by atoms with Gasteiger partial charge in [-0.2, -0.15) is 0 Å². The van der Waals surface area contributed by atoms with Gasteiger partial charge in [0.1, 0.15) is 24.5 Å².